The maximum Gasteiger partial charge on any atom is 0.325 e. The lowest BCUT2D eigenvalue weighted by Crippen LogP contribution is -1.88. The van der Waals surface area contributed by atoms with Crippen molar-refractivity contribution < 1.29 is 14.4 Å². The zero-order chi connectivity index (χ0) is 14.7. The van der Waals surface area contributed by atoms with Gasteiger partial charge in [-0.1, -0.05) is 55.7 Å². The van der Waals surface area contributed by atoms with E-state index in [0.717, 1.165) is 44.1 Å². The van der Waals surface area contributed by atoms with Crippen LogP contribution in [0.1, 0.15) is 50.5 Å². The van der Waals surface area contributed by atoms with Gasteiger partial charge in [-0.2, -0.15) is 0 Å². The number of hydrogen-bond donors (Lipinski definition) is 2. The van der Waals surface area contributed by atoms with E-state index in [9.17, 15) is 4.57 Å². The minimum atomic E-state index is -3.78. The minimum Gasteiger partial charge on any atom is -0.324 e. The maximum atomic E-state index is 10.6. The van der Waals surface area contributed by atoms with Crippen molar-refractivity contribution in [3.8, 4) is 11.8 Å². The Morgan fingerprint density at radius 1 is 0.900 bits per heavy atom. The summed E-state index contributed by atoms with van der Waals surface area (Å²) >= 11 is 0. The van der Waals surface area contributed by atoms with Gasteiger partial charge < -0.3 is 9.79 Å². The number of benzene rings is 1. The second kappa shape index (κ2) is 9.77. The summed E-state index contributed by atoms with van der Waals surface area (Å²) in [5, 5.41) is 0. The Kier molecular flexibility index (Phi) is 8.30. The van der Waals surface area contributed by atoms with Crippen LogP contribution in [0, 0.1) is 11.8 Å². The largest absolute Gasteiger partial charge is 0.325 e. The Morgan fingerprint density at radius 2 is 1.50 bits per heavy atom. The van der Waals surface area contributed by atoms with Crippen molar-refractivity contribution in [1.82, 2.24) is 0 Å². The molecule has 3 nitrogen and oxygen atoms in total. The van der Waals surface area contributed by atoms with Crippen molar-refractivity contribution in [2.24, 2.45) is 0 Å². The Bertz CT molecular complexity index is 467. The SMILES string of the molecule is O=P(O)(O)CCCCCCCCC#Cc1ccccc1. The molecule has 110 valence electrons. The van der Waals surface area contributed by atoms with Gasteiger partial charge in [-0.25, -0.2) is 0 Å². The molecule has 0 aromatic heterocycles. The van der Waals surface area contributed by atoms with Crippen LogP contribution in [0.5, 0.6) is 0 Å². The predicted molar refractivity (Wildman–Crippen MR) is 82.6 cm³/mol. The van der Waals surface area contributed by atoms with Crippen LogP contribution < -0.4 is 0 Å². The molecule has 0 spiro atoms. The van der Waals surface area contributed by atoms with Crippen LogP contribution >= 0.6 is 7.60 Å². The molecule has 0 heterocycles. The topological polar surface area (TPSA) is 57.5 Å². The van der Waals surface area contributed by atoms with E-state index in [-0.39, 0.29) is 6.16 Å². The molecule has 0 fully saturated rings. The van der Waals surface area contributed by atoms with Gasteiger partial charge in [0.1, 0.15) is 0 Å². The molecular weight excluding hydrogens is 271 g/mol. The summed E-state index contributed by atoms with van der Waals surface area (Å²) in [6.07, 6.45) is 6.86. The van der Waals surface area contributed by atoms with Gasteiger partial charge >= 0.3 is 7.60 Å². The Labute approximate surface area is 121 Å². The normalized spacial score (nSPS) is 10.9. The molecule has 4 heteroatoms. The summed E-state index contributed by atoms with van der Waals surface area (Å²) in [7, 11) is -3.78. The number of unbranched alkanes of at least 4 members (excludes halogenated alkanes) is 6. The molecule has 0 aliphatic rings. The lowest BCUT2D eigenvalue weighted by Gasteiger charge is -2.03. The van der Waals surface area contributed by atoms with E-state index in [1.807, 2.05) is 30.3 Å². The smallest absolute Gasteiger partial charge is 0.324 e. The van der Waals surface area contributed by atoms with Crippen molar-refractivity contribution in [3.05, 3.63) is 35.9 Å². The van der Waals surface area contributed by atoms with E-state index < -0.39 is 7.60 Å². The van der Waals surface area contributed by atoms with E-state index >= 15 is 0 Å². The first-order chi connectivity index (χ1) is 9.58. The lowest BCUT2D eigenvalue weighted by molar-refractivity contribution is 0.370. The summed E-state index contributed by atoms with van der Waals surface area (Å²) in [4.78, 5) is 17.4. The highest BCUT2D eigenvalue weighted by Gasteiger charge is 2.10. The molecule has 1 rings (SSSR count). The van der Waals surface area contributed by atoms with Crippen molar-refractivity contribution in [1.29, 1.82) is 0 Å². The molecule has 0 saturated heterocycles. The van der Waals surface area contributed by atoms with Gasteiger partial charge in [-0.05, 0) is 25.0 Å². The van der Waals surface area contributed by atoms with Crippen LogP contribution in [-0.2, 0) is 4.57 Å². The van der Waals surface area contributed by atoms with E-state index in [1.165, 1.54) is 0 Å². The van der Waals surface area contributed by atoms with Crippen LogP contribution in [-0.4, -0.2) is 15.9 Å². The highest BCUT2D eigenvalue weighted by Crippen LogP contribution is 2.35. The molecule has 0 aliphatic carbocycles. The average Bonchev–Trinajstić information content (AvgIpc) is 2.41. The highest BCUT2D eigenvalue weighted by atomic mass is 31.2. The number of rotatable bonds is 8. The fourth-order valence-electron chi connectivity index (χ4n) is 1.92. The Balaban J connectivity index is 1.96. The number of hydrogen-bond acceptors (Lipinski definition) is 1. The van der Waals surface area contributed by atoms with Crippen molar-refractivity contribution in [3.63, 3.8) is 0 Å². The first kappa shape index (κ1) is 17.0. The fraction of sp³-hybridized carbons (Fsp3) is 0.500. The third kappa shape index (κ3) is 9.81. The first-order valence-corrected chi connectivity index (χ1v) is 8.96. The Morgan fingerprint density at radius 3 is 2.15 bits per heavy atom. The van der Waals surface area contributed by atoms with Gasteiger partial charge in [-0.15, -0.1) is 0 Å². The van der Waals surface area contributed by atoms with E-state index in [0.29, 0.717) is 6.42 Å². The molecule has 1 aromatic carbocycles. The van der Waals surface area contributed by atoms with Crippen molar-refractivity contribution >= 4 is 7.60 Å². The molecular formula is C16H23O3P. The zero-order valence-electron chi connectivity index (χ0n) is 11.8. The van der Waals surface area contributed by atoms with E-state index in [2.05, 4.69) is 11.8 Å². The third-order valence-electron chi connectivity index (χ3n) is 3.01. The summed E-state index contributed by atoms with van der Waals surface area (Å²) in [6.45, 7) is 0. The molecule has 0 bridgehead atoms. The van der Waals surface area contributed by atoms with Crippen LogP contribution in [0.2, 0.25) is 0 Å². The highest BCUT2D eigenvalue weighted by molar-refractivity contribution is 7.51. The second-order valence-electron chi connectivity index (χ2n) is 4.93. The van der Waals surface area contributed by atoms with Crippen LogP contribution in [0.4, 0.5) is 0 Å². The van der Waals surface area contributed by atoms with Crippen LogP contribution in [0.25, 0.3) is 0 Å². The van der Waals surface area contributed by atoms with Gasteiger partial charge in [0, 0.05) is 18.1 Å². The molecule has 0 radical (unpaired) electrons. The quantitative estimate of drug-likeness (QED) is 0.433. The lowest BCUT2D eigenvalue weighted by atomic mass is 10.1. The van der Waals surface area contributed by atoms with Gasteiger partial charge in [0.25, 0.3) is 0 Å². The maximum absolute atomic E-state index is 10.6. The zero-order valence-corrected chi connectivity index (χ0v) is 12.7. The first-order valence-electron chi connectivity index (χ1n) is 7.16. The van der Waals surface area contributed by atoms with E-state index in [1.54, 1.807) is 0 Å². The van der Waals surface area contributed by atoms with Crippen LogP contribution in [0.3, 0.4) is 0 Å². The second-order valence-corrected chi connectivity index (χ2v) is 6.70. The fourth-order valence-corrected chi connectivity index (χ4v) is 2.56. The predicted octanol–water partition coefficient (Wildman–Crippen LogP) is 3.95. The van der Waals surface area contributed by atoms with Crippen LogP contribution in [0.15, 0.2) is 30.3 Å². The van der Waals surface area contributed by atoms with Gasteiger partial charge in [0.2, 0.25) is 0 Å². The molecule has 0 aliphatic heterocycles. The summed E-state index contributed by atoms with van der Waals surface area (Å²) in [6, 6.07) is 9.98. The molecule has 0 amide bonds. The molecule has 1 aromatic rings. The summed E-state index contributed by atoms with van der Waals surface area (Å²) in [5.74, 6) is 6.31. The van der Waals surface area contributed by atoms with Gasteiger partial charge in [-0.3, -0.25) is 4.57 Å². The van der Waals surface area contributed by atoms with Gasteiger partial charge in [0.05, 0.1) is 0 Å². The standard InChI is InChI=1S/C16H23O3P/c17-20(18,19)15-11-6-4-2-1-3-5-8-12-16-13-9-7-10-14-16/h7,9-10,13-14H,1-6,11,15H2,(H2,17,18,19). The molecule has 2 N–H and O–H groups in total. The third-order valence-corrected chi connectivity index (χ3v) is 3.91. The van der Waals surface area contributed by atoms with Crippen molar-refractivity contribution in [2.75, 3.05) is 6.16 Å². The monoisotopic (exact) mass is 294 g/mol. The Hall–Kier alpha value is -1.07. The molecule has 0 atom stereocenters. The summed E-state index contributed by atoms with van der Waals surface area (Å²) < 4.78 is 10.6. The average molecular weight is 294 g/mol. The summed E-state index contributed by atoms with van der Waals surface area (Å²) in [5.41, 5.74) is 1.06. The van der Waals surface area contributed by atoms with Gasteiger partial charge in [0.15, 0.2) is 0 Å². The molecule has 20 heavy (non-hydrogen) atoms. The van der Waals surface area contributed by atoms with Crippen molar-refractivity contribution in [2.45, 2.75) is 44.9 Å². The molecule has 0 unspecified atom stereocenters. The van der Waals surface area contributed by atoms with E-state index in [4.69, 9.17) is 9.79 Å². The molecule has 0 saturated carbocycles. The minimum absolute atomic E-state index is 0.0234.